The van der Waals surface area contributed by atoms with Crippen molar-refractivity contribution in [2.75, 3.05) is 13.7 Å². The van der Waals surface area contributed by atoms with Crippen LogP contribution in [0.1, 0.15) is 27.6 Å². The number of ketones is 1. The number of hydrogen-bond donors (Lipinski definition) is 1. The Morgan fingerprint density at radius 2 is 1.80 bits per heavy atom. The van der Waals surface area contributed by atoms with Crippen LogP contribution in [-0.2, 0) is 9.53 Å². The number of hydrogen-bond acceptors (Lipinski definition) is 6. The fraction of sp³-hybridized carbons (Fsp3) is 0.250. The first-order valence-corrected chi connectivity index (χ1v) is 8.98. The molecule has 1 unspecified atom stereocenters. The second kappa shape index (κ2) is 10.5. The van der Waals surface area contributed by atoms with E-state index in [4.69, 9.17) is 21.1 Å². The monoisotopic (exact) mass is 441 g/mol. The largest absolute Gasteiger partial charge is 0.493 e. The van der Waals surface area contributed by atoms with Crippen LogP contribution in [0.4, 0.5) is 8.78 Å². The van der Waals surface area contributed by atoms with Crippen molar-refractivity contribution in [1.82, 2.24) is 5.32 Å². The minimum atomic E-state index is -3.05. The maximum atomic E-state index is 12.4. The van der Waals surface area contributed by atoms with Crippen LogP contribution in [0.15, 0.2) is 42.5 Å². The van der Waals surface area contributed by atoms with Crippen LogP contribution >= 0.6 is 11.6 Å². The smallest absolute Gasteiger partial charge is 0.387 e. The standard InChI is InChI=1S/C20H18ClF2NO6/c1-11(24-18(26)13-5-3-4-6-14(13)21)19(27)29-10-15(25)12-7-8-16(30-20(22)23)17(9-12)28-2/h3-9,11,20H,10H2,1-2H3,(H,24,26). The lowest BCUT2D eigenvalue weighted by atomic mass is 10.1. The molecule has 0 aliphatic heterocycles. The van der Waals surface area contributed by atoms with Crippen molar-refractivity contribution in [3.05, 3.63) is 58.6 Å². The van der Waals surface area contributed by atoms with Crippen molar-refractivity contribution < 1.29 is 37.4 Å². The van der Waals surface area contributed by atoms with E-state index in [-0.39, 0.29) is 27.6 Å². The molecule has 0 saturated heterocycles. The summed E-state index contributed by atoms with van der Waals surface area (Å²) in [6, 6.07) is 8.83. The van der Waals surface area contributed by atoms with E-state index in [0.717, 1.165) is 6.07 Å². The van der Waals surface area contributed by atoms with Gasteiger partial charge in [-0.3, -0.25) is 9.59 Å². The summed E-state index contributed by atoms with van der Waals surface area (Å²) in [6.45, 7) is -2.28. The zero-order chi connectivity index (χ0) is 22.3. The number of nitrogens with one attached hydrogen (secondary N) is 1. The molecule has 1 N–H and O–H groups in total. The summed E-state index contributed by atoms with van der Waals surface area (Å²) in [5, 5.41) is 2.65. The van der Waals surface area contributed by atoms with Gasteiger partial charge in [-0.2, -0.15) is 8.78 Å². The van der Waals surface area contributed by atoms with E-state index in [1.807, 2.05) is 0 Å². The van der Waals surface area contributed by atoms with Gasteiger partial charge in [-0.05, 0) is 37.3 Å². The lowest BCUT2D eigenvalue weighted by molar-refractivity contribution is -0.144. The molecule has 0 radical (unpaired) electrons. The summed E-state index contributed by atoms with van der Waals surface area (Å²) in [6.07, 6.45) is 0. The summed E-state index contributed by atoms with van der Waals surface area (Å²) >= 11 is 5.93. The maximum absolute atomic E-state index is 12.4. The Labute approximate surface area is 175 Å². The lowest BCUT2D eigenvalue weighted by Gasteiger charge is -2.14. The number of carbonyl (C=O) groups excluding carboxylic acids is 3. The molecule has 0 heterocycles. The van der Waals surface area contributed by atoms with Crippen molar-refractivity contribution >= 4 is 29.3 Å². The predicted octanol–water partition coefficient (Wildman–Crippen LogP) is 3.49. The summed E-state index contributed by atoms with van der Waals surface area (Å²) in [5.74, 6) is -2.33. The van der Waals surface area contributed by atoms with E-state index in [0.29, 0.717) is 0 Å². The highest BCUT2D eigenvalue weighted by Gasteiger charge is 2.21. The summed E-state index contributed by atoms with van der Waals surface area (Å²) in [4.78, 5) is 36.5. The average molecular weight is 442 g/mol. The molecule has 0 fully saturated rings. The first kappa shape index (κ1) is 23.1. The van der Waals surface area contributed by atoms with Crippen LogP contribution in [0.25, 0.3) is 0 Å². The highest BCUT2D eigenvalue weighted by molar-refractivity contribution is 6.33. The van der Waals surface area contributed by atoms with E-state index in [9.17, 15) is 23.2 Å². The SMILES string of the molecule is COc1cc(C(=O)COC(=O)C(C)NC(=O)c2ccccc2Cl)ccc1OC(F)F. The molecule has 1 amide bonds. The topological polar surface area (TPSA) is 90.9 Å². The van der Waals surface area contributed by atoms with Crippen molar-refractivity contribution in [3.8, 4) is 11.5 Å². The Bertz CT molecular complexity index is 937. The van der Waals surface area contributed by atoms with Crippen LogP contribution in [0.3, 0.4) is 0 Å². The molecule has 0 bridgehead atoms. The number of Topliss-reactive ketones (excluding diaryl/α,β-unsaturated/α-hetero) is 1. The minimum Gasteiger partial charge on any atom is -0.493 e. The molecule has 2 rings (SSSR count). The number of halogens is 3. The molecule has 0 aromatic heterocycles. The number of ether oxygens (including phenoxy) is 3. The fourth-order valence-electron chi connectivity index (χ4n) is 2.36. The highest BCUT2D eigenvalue weighted by Crippen LogP contribution is 2.29. The number of methoxy groups -OCH3 is 1. The molecule has 7 nitrogen and oxygen atoms in total. The van der Waals surface area contributed by atoms with Gasteiger partial charge in [0.25, 0.3) is 5.91 Å². The number of alkyl halides is 2. The fourth-order valence-corrected chi connectivity index (χ4v) is 2.58. The van der Waals surface area contributed by atoms with Crippen LogP contribution < -0.4 is 14.8 Å². The molecule has 160 valence electrons. The van der Waals surface area contributed by atoms with Crippen molar-refractivity contribution in [2.24, 2.45) is 0 Å². The Morgan fingerprint density at radius 1 is 1.10 bits per heavy atom. The third-order valence-corrected chi connectivity index (χ3v) is 4.20. The highest BCUT2D eigenvalue weighted by atomic mass is 35.5. The number of benzene rings is 2. The van der Waals surface area contributed by atoms with Gasteiger partial charge in [-0.15, -0.1) is 0 Å². The van der Waals surface area contributed by atoms with Gasteiger partial charge in [-0.1, -0.05) is 23.7 Å². The summed E-state index contributed by atoms with van der Waals surface area (Å²) in [5.41, 5.74) is 0.252. The maximum Gasteiger partial charge on any atom is 0.387 e. The van der Waals surface area contributed by atoms with Gasteiger partial charge in [0.15, 0.2) is 23.9 Å². The third-order valence-electron chi connectivity index (χ3n) is 3.87. The summed E-state index contributed by atoms with van der Waals surface area (Å²) in [7, 11) is 1.23. The van der Waals surface area contributed by atoms with Crippen LogP contribution in [-0.4, -0.2) is 44.0 Å². The number of amides is 1. The second-order valence-corrected chi connectivity index (χ2v) is 6.36. The molecular formula is C20H18ClF2NO6. The molecule has 2 aromatic rings. The minimum absolute atomic E-state index is 0.0639. The van der Waals surface area contributed by atoms with Crippen molar-refractivity contribution in [3.63, 3.8) is 0 Å². The van der Waals surface area contributed by atoms with E-state index in [2.05, 4.69) is 10.1 Å². The van der Waals surface area contributed by atoms with Gasteiger partial charge in [-0.25, -0.2) is 4.79 Å². The Morgan fingerprint density at radius 3 is 2.43 bits per heavy atom. The zero-order valence-corrected chi connectivity index (χ0v) is 16.7. The average Bonchev–Trinajstić information content (AvgIpc) is 2.71. The van der Waals surface area contributed by atoms with E-state index in [1.165, 1.54) is 38.3 Å². The molecule has 1 atom stereocenters. The number of rotatable bonds is 9. The molecule has 10 heteroatoms. The Kier molecular flexibility index (Phi) is 8.11. The molecule has 30 heavy (non-hydrogen) atoms. The van der Waals surface area contributed by atoms with Gasteiger partial charge >= 0.3 is 12.6 Å². The van der Waals surface area contributed by atoms with Crippen LogP contribution in [0.2, 0.25) is 5.02 Å². The van der Waals surface area contributed by atoms with Crippen LogP contribution in [0, 0.1) is 0 Å². The molecule has 0 aliphatic rings. The van der Waals surface area contributed by atoms with Crippen molar-refractivity contribution in [2.45, 2.75) is 19.6 Å². The predicted molar refractivity (Wildman–Crippen MR) is 103 cm³/mol. The third kappa shape index (κ3) is 6.15. The van der Waals surface area contributed by atoms with Gasteiger partial charge in [0.1, 0.15) is 6.04 Å². The van der Waals surface area contributed by atoms with E-state index >= 15 is 0 Å². The Hall–Kier alpha value is -3.20. The van der Waals surface area contributed by atoms with Gasteiger partial charge in [0.2, 0.25) is 0 Å². The second-order valence-electron chi connectivity index (χ2n) is 5.95. The molecule has 2 aromatic carbocycles. The molecular weight excluding hydrogens is 424 g/mol. The lowest BCUT2D eigenvalue weighted by Crippen LogP contribution is -2.40. The number of carbonyl (C=O) groups is 3. The van der Waals surface area contributed by atoms with Crippen LogP contribution in [0.5, 0.6) is 11.5 Å². The summed E-state index contributed by atoms with van der Waals surface area (Å²) < 4.78 is 38.8. The quantitative estimate of drug-likeness (QED) is 0.473. The molecule has 0 aliphatic carbocycles. The van der Waals surface area contributed by atoms with E-state index < -0.39 is 36.9 Å². The van der Waals surface area contributed by atoms with Gasteiger partial charge in [0.05, 0.1) is 17.7 Å². The molecule has 0 spiro atoms. The normalized spacial score (nSPS) is 11.5. The Balaban J connectivity index is 1.94. The van der Waals surface area contributed by atoms with Crippen molar-refractivity contribution in [1.29, 1.82) is 0 Å². The number of esters is 1. The zero-order valence-electron chi connectivity index (χ0n) is 16.0. The van der Waals surface area contributed by atoms with E-state index in [1.54, 1.807) is 12.1 Å². The van der Waals surface area contributed by atoms with Gasteiger partial charge < -0.3 is 19.5 Å². The first-order chi connectivity index (χ1) is 14.2. The van der Waals surface area contributed by atoms with Gasteiger partial charge in [0, 0.05) is 5.56 Å². The molecule has 0 saturated carbocycles. The first-order valence-electron chi connectivity index (χ1n) is 8.61.